The predicted octanol–water partition coefficient (Wildman–Crippen LogP) is 2.67. The number of hydrogen-bond acceptors (Lipinski definition) is 3. The number of likely N-dealkylation sites (tertiary alicyclic amines) is 1. The van der Waals surface area contributed by atoms with Gasteiger partial charge in [-0.25, -0.2) is 4.79 Å². The number of ether oxygens (including phenoxy) is 1. The molecule has 23 heavy (non-hydrogen) atoms. The molecule has 5 heteroatoms. The van der Waals surface area contributed by atoms with Crippen molar-refractivity contribution in [3.8, 4) is 0 Å². The fraction of sp³-hybridized carbons (Fsp3) is 0.833. The standard InChI is InChI=1S/C18H33N3O2/c1-14(2)13-21-10-8-16(9-11-21)20-18(22)19-15(3)6-7-17-5-4-12-23-17/h15-17H,1,4-13H2,2-3H3,(H2,19,20,22)/t15-,17-/m0/s1. The third kappa shape index (κ3) is 6.92. The van der Waals surface area contributed by atoms with Gasteiger partial charge >= 0.3 is 6.03 Å². The highest BCUT2D eigenvalue weighted by molar-refractivity contribution is 5.74. The molecule has 0 bridgehead atoms. The van der Waals surface area contributed by atoms with Crippen LogP contribution in [-0.2, 0) is 4.74 Å². The van der Waals surface area contributed by atoms with Crippen LogP contribution in [0.3, 0.4) is 0 Å². The third-order valence-electron chi connectivity index (χ3n) is 4.74. The summed E-state index contributed by atoms with van der Waals surface area (Å²) in [5.41, 5.74) is 1.20. The van der Waals surface area contributed by atoms with Crippen LogP contribution >= 0.6 is 0 Å². The van der Waals surface area contributed by atoms with Gasteiger partial charge in [0.05, 0.1) is 6.10 Å². The second kappa shape index (κ2) is 9.28. The van der Waals surface area contributed by atoms with Crippen molar-refractivity contribution in [1.29, 1.82) is 0 Å². The smallest absolute Gasteiger partial charge is 0.315 e. The van der Waals surface area contributed by atoms with E-state index in [0.717, 1.165) is 51.9 Å². The van der Waals surface area contributed by atoms with Gasteiger partial charge in [0.2, 0.25) is 0 Å². The number of carbonyl (C=O) groups excluding carboxylic acids is 1. The minimum atomic E-state index is -0.0248. The molecule has 0 unspecified atom stereocenters. The number of amides is 2. The molecular formula is C18H33N3O2. The van der Waals surface area contributed by atoms with Crippen LogP contribution in [0.5, 0.6) is 0 Å². The molecular weight excluding hydrogens is 290 g/mol. The molecule has 2 amide bonds. The van der Waals surface area contributed by atoms with Gasteiger partial charge in [0, 0.05) is 38.3 Å². The van der Waals surface area contributed by atoms with Crippen molar-refractivity contribution in [3.05, 3.63) is 12.2 Å². The van der Waals surface area contributed by atoms with Crippen molar-refractivity contribution < 1.29 is 9.53 Å². The molecule has 2 fully saturated rings. The maximum Gasteiger partial charge on any atom is 0.315 e. The zero-order valence-corrected chi connectivity index (χ0v) is 14.8. The zero-order valence-electron chi connectivity index (χ0n) is 14.8. The lowest BCUT2D eigenvalue weighted by Gasteiger charge is -2.32. The minimum Gasteiger partial charge on any atom is -0.378 e. The van der Waals surface area contributed by atoms with Gasteiger partial charge in [0.1, 0.15) is 0 Å². The second-order valence-electron chi connectivity index (χ2n) is 7.24. The van der Waals surface area contributed by atoms with E-state index in [1.165, 1.54) is 18.4 Å². The summed E-state index contributed by atoms with van der Waals surface area (Å²) in [6.45, 7) is 12.0. The molecule has 5 nitrogen and oxygen atoms in total. The molecule has 0 saturated carbocycles. The van der Waals surface area contributed by atoms with Crippen LogP contribution in [0.4, 0.5) is 4.79 Å². The molecule has 2 rings (SSSR count). The summed E-state index contributed by atoms with van der Waals surface area (Å²) in [5.74, 6) is 0. The van der Waals surface area contributed by atoms with E-state index >= 15 is 0 Å². The molecule has 2 atom stereocenters. The fourth-order valence-corrected chi connectivity index (χ4v) is 3.45. The molecule has 2 aliphatic rings. The van der Waals surface area contributed by atoms with E-state index in [1.807, 2.05) is 0 Å². The highest BCUT2D eigenvalue weighted by Crippen LogP contribution is 2.17. The number of nitrogens with one attached hydrogen (secondary N) is 2. The number of rotatable bonds is 7. The lowest BCUT2D eigenvalue weighted by Crippen LogP contribution is -2.49. The Morgan fingerprint density at radius 1 is 1.35 bits per heavy atom. The summed E-state index contributed by atoms with van der Waals surface area (Å²) in [6.07, 6.45) is 6.81. The molecule has 2 heterocycles. The molecule has 0 aromatic rings. The molecule has 0 spiro atoms. The van der Waals surface area contributed by atoms with Gasteiger partial charge < -0.3 is 15.4 Å². The van der Waals surface area contributed by atoms with E-state index in [0.29, 0.717) is 12.1 Å². The predicted molar refractivity (Wildman–Crippen MR) is 93.6 cm³/mol. The van der Waals surface area contributed by atoms with Crippen molar-refractivity contribution >= 4 is 6.03 Å². The van der Waals surface area contributed by atoms with Gasteiger partial charge in [-0.15, -0.1) is 0 Å². The Balaban J connectivity index is 1.58. The average molecular weight is 323 g/mol. The first-order valence-corrected chi connectivity index (χ1v) is 9.08. The topological polar surface area (TPSA) is 53.6 Å². The second-order valence-corrected chi connectivity index (χ2v) is 7.24. The zero-order chi connectivity index (χ0) is 16.7. The van der Waals surface area contributed by atoms with Crippen LogP contribution in [0.2, 0.25) is 0 Å². The fourth-order valence-electron chi connectivity index (χ4n) is 3.45. The van der Waals surface area contributed by atoms with E-state index in [2.05, 4.69) is 36.0 Å². The van der Waals surface area contributed by atoms with Gasteiger partial charge in [-0.1, -0.05) is 12.2 Å². The molecule has 0 aromatic heterocycles. The van der Waals surface area contributed by atoms with Gasteiger partial charge in [0.15, 0.2) is 0 Å². The highest BCUT2D eigenvalue weighted by Gasteiger charge is 2.21. The lowest BCUT2D eigenvalue weighted by atomic mass is 10.0. The van der Waals surface area contributed by atoms with E-state index in [4.69, 9.17) is 4.74 Å². The van der Waals surface area contributed by atoms with E-state index in [-0.39, 0.29) is 12.1 Å². The average Bonchev–Trinajstić information content (AvgIpc) is 3.00. The minimum absolute atomic E-state index is 0.0248. The maximum absolute atomic E-state index is 12.1. The summed E-state index contributed by atoms with van der Waals surface area (Å²) in [7, 11) is 0. The molecule has 2 N–H and O–H groups in total. The summed E-state index contributed by atoms with van der Waals surface area (Å²) < 4.78 is 5.63. The SMILES string of the molecule is C=C(C)CN1CCC(NC(=O)N[C@@H](C)CC[C@@H]2CCCO2)CC1. The van der Waals surface area contributed by atoms with Gasteiger partial charge in [-0.2, -0.15) is 0 Å². The molecule has 132 valence electrons. The van der Waals surface area contributed by atoms with E-state index in [1.54, 1.807) is 0 Å². The number of piperidine rings is 1. The molecule has 0 radical (unpaired) electrons. The van der Waals surface area contributed by atoms with E-state index in [9.17, 15) is 4.79 Å². The van der Waals surface area contributed by atoms with Crippen molar-refractivity contribution in [1.82, 2.24) is 15.5 Å². The van der Waals surface area contributed by atoms with Crippen molar-refractivity contribution in [2.24, 2.45) is 0 Å². The Hall–Kier alpha value is -1.07. The van der Waals surface area contributed by atoms with Crippen LogP contribution in [0, 0.1) is 0 Å². The molecule has 2 aliphatic heterocycles. The van der Waals surface area contributed by atoms with Gasteiger partial charge in [-0.05, 0) is 52.4 Å². The number of urea groups is 1. The lowest BCUT2D eigenvalue weighted by molar-refractivity contribution is 0.100. The number of nitrogens with zero attached hydrogens (tertiary/aromatic N) is 1. The Morgan fingerprint density at radius 3 is 2.70 bits per heavy atom. The van der Waals surface area contributed by atoms with Gasteiger partial charge in [0.25, 0.3) is 0 Å². The Kier molecular flexibility index (Phi) is 7.37. The van der Waals surface area contributed by atoms with Gasteiger partial charge in [-0.3, -0.25) is 4.90 Å². The number of hydrogen-bond donors (Lipinski definition) is 2. The quantitative estimate of drug-likeness (QED) is 0.708. The Labute approximate surface area is 140 Å². The van der Waals surface area contributed by atoms with Crippen LogP contribution in [0.25, 0.3) is 0 Å². The van der Waals surface area contributed by atoms with Crippen LogP contribution in [0.15, 0.2) is 12.2 Å². The van der Waals surface area contributed by atoms with Crippen LogP contribution in [0.1, 0.15) is 52.4 Å². The summed E-state index contributed by atoms with van der Waals surface area (Å²) >= 11 is 0. The molecule has 2 saturated heterocycles. The maximum atomic E-state index is 12.1. The van der Waals surface area contributed by atoms with Crippen molar-refractivity contribution in [2.45, 2.75) is 70.6 Å². The highest BCUT2D eigenvalue weighted by atomic mass is 16.5. The first kappa shape index (κ1) is 18.3. The third-order valence-corrected chi connectivity index (χ3v) is 4.74. The normalized spacial score (nSPS) is 24.3. The summed E-state index contributed by atoms with van der Waals surface area (Å²) in [4.78, 5) is 14.5. The Morgan fingerprint density at radius 2 is 2.09 bits per heavy atom. The van der Waals surface area contributed by atoms with Crippen LogP contribution in [-0.4, -0.2) is 55.4 Å². The number of carbonyl (C=O) groups is 1. The van der Waals surface area contributed by atoms with Crippen LogP contribution < -0.4 is 10.6 Å². The van der Waals surface area contributed by atoms with E-state index < -0.39 is 0 Å². The molecule has 0 aliphatic carbocycles. The van der Waals surface area contributed by atoms with Crippen molar-refractivity contribution in [2.75, 3.05) is 26.2 Å². The summed E-state index contributed by atoms with van der Waals surface area (Å²) in [6, 6.07) is 0.465. The molecule has 0 aromatic carbocycles. The largest absolute Gasteiger partial charge is 0.378 e. The Bertz CT molecular complexity index is 386. The first-order chi connectivity index (χ1) is 11.0. The first-order valence-electron chi connectivity index (χ1n) is 9.08. The monoisotopic (exact) mass is 323 g/mol. The van der Waals surface area contributed by atoms with Crippen molar-refractivity contribution in [3.63, 3.8) is 0 Å². The summed E-state index contributed by atoms with van der Waals surface area (Å²) in [5, 5.41) is 6.18.